The molecule has 1 aliphatic heterocycles. The molecule has 1 atom stereocenters. The van der Waals surface area contributed by atoms with Gasteiger partial charge >= 0.3 is 12.1 Å². The molecule has 2 aromatic carbocycles. The van der Waals surface area contributed by atoms with Gasteiger partial charge in [-0.05, 0) is 41.5 Å². The summed E-state index contributed by atoms with van der Waals surface area (Å²) in [6.45, 7) is 3.10. The van der Waals surface area contributed by atoms with Crippen LogP contribution in [0.25, 0.3) is 11.1 Å². The highest BCUT2D eigenvalue weighted by atomic mass is 16.5. The number of nitrogens with zero attached hydrogens (tertiary/aromatic N) is 1. The average molecular weight is 477 g/mol. The van der Waals surface area contributed by atoms with E-state index < -0.39 is 17.5 Å². The molecule has 1 heterocycles. The Bertz CT molecular complexity index is 1080. The molecule has 0 aromatic heterocycles. The predicted octanol–water partition coefficient (Wildman–Crippen LogP) is 4.57. The van der Waals surface area contributed by atoms with Crippen molar-refractivity contribution in [1.29, 1.82) is 0 Å². The van der Waals surface area contributed by atoms with Crippen molar-refractivity contribution in [2.24, 2.45) is 5.41 Å². The molecule has 2 aromatic rings. The Labute approximate surface area is 205 Å². The van der Waals surface area contributed by atoms with E-state index in [0.717, 1.165) is 17.5 Å². The second kappa shape index (κ2) is 10.8. The summed E-state index contributed by atoms with van der Waals surface area (Å²) in [5, 5.41) is 12.4. The Morgan fingerprint density at radius 3 is 2.40 bits per heavy atom. The van der Waals surface area contributed by atoms with E-state index >= 15 is 0 Å². The molecule has 2 amide bonds. The van der Waals surface area contributed by atoms with E-state index in [0.29, 0.717) is 25.8 Å². The maximum Gasteiger partial charge on any atom is 0.407 e. The number of rotatable bonds is 8. The minimum Gasteiger partial charge on any atom is -0.481 e. The number of piperidine rings is 1. The molecule has 1 aliphatic carbocycles. The molecular weight excluding hydrogens is 444 g/mol. The van der Waals surface area contributed by atoms with Gasteiger partial charge in [-0.25, -0.2) is 4.79 Å². The van der Waals surface area contributed by atoms with Gasteiger partial charge in [0, 0.05) is 31.6 Å². The quantitative estimate of drug-likeness (QED) is 0.544. The van der Waals surface area contributed by atoms with E-state index in [9.17, 15) is 19.5 Å². The third kappa shape index (κ3) is 5.24. The number of ether oxygens (including phenoxy) is 1. The van der Waals surface area contributed by atoms with Crippen LogP contribution in [0, 0.1) is 5.41 Å². The normalized spacial score (nSPS) is 19.3. The summed E-state index contributed by atoms with van der Waals surface area (Å²) in [6, 6.07) is 16.3. The summed E-state index contributed by atoms with van der Waals surface area (Å²) in [6.07, 6.45) is 4.99. The lowest BCUT2D eigenvalue weighted by Gasteiger charge is -2.39. The van der Waals surface area contributed by atoms with Crippen molar-refractivity contribution >= 4 is 18.0 Å². The Morgan fingerprint density at radius 1 is 1.11 bits per heavy atom. The van der Waals surface area contributed by atoms with Gasteiger partial charge in [-0.15, -0.1) is 0 Å². The maximum atomic E-state index is 12.6. The summed E-state index contributed by atoms with van der Waals surface area (Å²) in [7, 11) is 0. The summed E-state index contributed by atoms with van der Waals surface area (Å²) >= 11 is 0. The molecule has 2 aliphatic rings. The van der Waals surface area contributed by atoms with Gasteiger partial charge in [0.25, 0.3) is 0 Å². The van der Waals surface area contributed by atoms with Crippen LogP contribution in [0.1, 0.15) is 49.7 Å². The maximum absolute atomic E-state index is 12.6. The Kier molecular flexibility index (Phi) is 7.54. The van der Waals surface area contributed by atoms with E-state index in [2.05, 4.69) is 29.6 Å². The monoisotopic (exact) mass is 476 g/mol. The predicted molar refractivity (Wildman–Crippen MR) is 133 cm³/mol. The van der Waals surface area contributed by atoms with Crippen LogP contribution in [0.4, 0.5) is 4.79 Å². The summed E-state index contributed by atoms with van der Waals surface area (Å²) < 4.78 is 5.50. The van der Waals surface area contributed by atoms with Gasteiger partial charge in [-0.3, -0.25) is 9.59 Å². The Morgan fingerprint density at radius 2 is 1.77 bits per heavy atom. The minimum absolute atomic E-state index is 0.0120. The lowest BCUT2D eigenvalue weighted by molar-refractivity contribution is -0.154. The molecule has 184 valence electrons. The van der Waals surface area contributed by atoms with Crippen molar-refractivity contribution < 1.29 is 24.2 Å². The molecule has 1 unspecified atom stereocenters. The van der Waals surface area contributed by atoms with Gasteiger partial charge in [-0.2, -0.15) is 0 Å². The minimum atomic E-state index is -0.865. The van der Waals surface area contributed by atoms with Gasteiger partial charge < -0.3 is 20.1 Å². The Balaban J connectivity index is 1.27. The molecule has 7 nitrogen and oxygen atoms in total. The van der Waals surface area contributed by atoms with E-state index in [4.69, 9.17) is 4.74 Å². The number of carbonyl (C=O) groups excluding carboxylic acids is 2. The number of aliphatic carboxylic acids is 1. The fourth-order valence-corrected chi connectivity index (χ4v) is 5.34. The van der Waals surface area contributed by atoms with E-state index in [1.54, 1.807) is 11.0 Å². The number of alkyl carbamates (subject to hydrolysis) is 1. The Hall–Kier alpha value is -3.61. The molecule has 0 saturated carbocycles. The third-order valence-corrected chi connectivity index (χ3v) is 7.04. The molecule has 7 heteroatoms. The zero-order valence-corrected chi connectivity index (χ0v) is 20.0. The van der Waals surface area contributed by atoms with Crippen LogP contribution < -0.4 is 5.32 Å². The van der Waals surface area contributed by atoms with Gasteiger partial charge in [0.15, 0.2) is 0 Å². The van der Waals surface area contributed by atoms with Crippen LogP contribution >= 0.6 is 0 Å². The van der Waals surface area contributed by atoms with Crippen LogP contribution in [0.2, 0.25) is 0 Å². The van der Waals surface area contributed by atoms with Gasteiger partial charge in [0.2, 0.25) is 5.91 Å². The number of fused-ring (bicyclic) bond motifs is 3. The average Bonchev–Trinajstić information content (AvgIpc) is 3.19. The van der Waals surface area contributed by atoms with Gasteiger partial charge in [0.1, 0.15) is 6.61 Å². The largest absolute Gasteiger partial charge is 0.481 e. The molecule has 0 spiro atoms. The first-order chi connectivity index (χ1) is 16.9. The second-order valence-corrected chi connectivity index (χ2v) is 9.31. The molecule has 1 fully saturated rings. The zero-order chi connectivity index (χ0) is 24.8. The fourth-order valence-electron chi connectivity index (χ4n) is 5.34. The number of benzene rings is 2. The number of likely N-dealkylation sites (tertiary alicyclic amines) is 1. The van der Waals surface area contributed by atoms with Crippen molar-refractivity contribution in [1.82, 2.24) is 10.2 Å². The van der Waals surface area contributed by atoms with Crippen molar-refractivity contribution in [2.45, 2.75) is 38.5 Å². The lowest BCUT2D eigenvalue weighted by Crippen LogP contribution is -2.49. The number of nitrogens with one attached hydrogen (secondary N) is 1. The van der Waals surface area contributed by atoms with Crippen LogP contribution in [0.3, 0.4) is 0 Å². The molecule has 0 radical (unpaired) electrons. The second-order valence-electron chi connectivity index (χ2n) is 9.31. The molecular formula is C28H32N2O5. The number of carbonyl (C=O) groups is 3. The number of hydrogen-bond acceptors (Lipinski definition) is 4. The van der Waals surface area contributed by atoms with E-state index in [-0.39, 0.29) is 31.5 Å². The van der Waals surface area contributed by atoms with Gasteiger partial charge in [0.05, 0.1) is 5.41 Å². The van der Waals surface area contributed by atoms with Crippen LogP contribution in [-0.2, 0) is 14.3 Å². The fraction of sp³-hybridized carbons (Fsp3) is 0.393. The van der Waals surface area contributed by atoms with Crippen molar-refractivity contribution in [2.75, 3.05) is 26.2 Å². The number of carboxylic acid groups (broad SMARTS) is 1. The van der Waals surface area contributed by atoms with Crippen molar-refractivity contribution in [3.8, 4) is 11.1 Å². The summed E-state index contributed by atoms with van der Waals surface area (Å²) in [5.41, 5.74) is 3.77. The first-order valence-electron chi connectivity index (χ1n) is 12.2. The highest BCUT2D eigenvalue weighted by molar-refractivity contribution is 5.88. The molecule has 1 saturated heterocycles. The topological polar surface area (TPSA) is 95.9 Å². The zero-order valence-electron chi connectivity index (χ0n) is 20.0. The van der Waals surface area contributed by atoms with Crippen LogP contribution in [0.15, 0.2) is 60.7 Å². The van der Waals surface area contributed by atoms with E-state index in [1.807, 2.05) is 31.2 Å². The molecule has 4 rings (SSSR count). The standard InChI is InChI=1S/C28H32N2O5/c1-2-14-28(26(32)33)15-8-17-30(19-28)25(31)13-7-16-29-27(34)35-18-24-22-11-5-3-9-20(22)21-10-4-6-12-23(21)24/h3-7,9-13,24H,2,8,14-19H2,1H3,(H,29,34)(H,32,33)/b13-7+. The first-order valence-corrected chi connectivity index (χ1v) is 12.2. The van der Waals surface area contributed by atoms with Crippen LogP contribution in [0.5, 0.6) is 0 Å². The first kappa shape index (κ1) is 24.5. The molecule has 0 bridgehead atoms. The number of hydrogen-bond donors (Lipinski definition) is 2. The van der Waals surface area contributed by atoms with Gasteiger partial charge in [-0.1, -0.05) is 68.0 Å². The van der Waals surface area contributed by atoms with Crippen molar-refractivity contribution in [3.05, 3.63) is 71.8 Å². The SMILES string of the molecule is CCCC1(C(=O)O)CCCN(C(=O)/C=C/CNC(=O)OCC2c3ccccc3-c3ccccc32)C1. The highest BCUT2D eigenvalue weighted by Crippen LogP contribution is 2.44. The summed E-state index contributed by atoms with van der Waals surface area (Å²) in [4.78, 5) is 38.3. The van der Waals surface area contributed by atoms with Crippen LogP contribution in [-0.4, -0.2) is 54.2 Å². The third-order valence-electron chi connectivity index (χ3n) is 7.04. The van der Waals surface area contributed by atoms with Crippen molar-refractivity contribution in [3.63, 3.8) is 0 Å². The van der Waals surface area contributed by atoms with E-state index in [1.165, 1.54) is 17.2 Å². The molecule has 35 heavy (non-hydrogen) atoms. The lowest BCUT2D eigenvalue weighted by atomic mass is 9.76. The molecule has 2 N–H and O–H groups in total. The number of amides is 2. The smallest absolute Gasteiger partial charge is 0.407 e. The summed E-state index contributed by atoms with van der Waals surface area (Å²) in [5.74, 6) is -1.08. The highest BCUT2D eigenvalue weighted by Gasteiger charge is 2.42. The number of carboxylic acids is 1.